The molecule has 1 atom stereocenters. The highest BCUT2D eigenvalue weighted by Gasteiger charge is 2.24. The minimum atomic E-state index is -3.44. The van der Waals surface area contributed by atoms with Crippen LogP contribution < -0.4 is 5.32 Å². The molecule has 0 aliphatic rings. The number of benzene rings is 1. The molecular weight excluding hydrogens is 279 g/mol. The van der Waals surface area contributed by atoms with Crippen LogP contribution in [0, 0.1) is 17.5 Å². The van der Waals surface area contributed by atoms with Gasteiger partial charge in [-0.3, -0.25) is 0 Å². The maximum absolute atomic E-state index is 13.6. The highest BCUT2D eigenvalue weighted by Crippen LogP contribution is 2.23. The zero-order chi connectivity index (χ0) is 14.6. The van der Waals surface area contributed by atoms with Gasteiger partial charge in [-0.15, -0.1) is 0 Å². The Morgan fingerprint density at radius 2 is 1.74 bits per heavy atom. The Morgan fingerprint density at radius 1 is 1.21 bits per heavy atom. The minimum absolute atomic E-state index is 0.399. The first-order chi connectivity index (χ1) is 8.74. The third-order valence-corrected chi connectivity index (χ3v) is 3.44. The lowest BCUT2D eigenvalue weighted by atomic mass is 10.1. The van der Waals surface area contributed by atoms with Crippen molar-refractivity contribution in [3.63, 3.8) is 0 Å². The van der Waals surface area contributed by atoms with Gasteiger partial charge in [0.15, 0.2) is 0 Å². The third-order valence-electron chi connectivity index (χ3n) is 2.50. The summed E-state index contributed by atoms with van der Waals surface area (Å²) in [6, 6.07) is 0.0541. The predicted molar refractivity (Wildman–Crippen MR) is 67.1 cm³/mol. The van der Waals surface area contributed by atoms with E-state index in [4.69, 9.17) is 0 Å². The SMILES string of the molecule is CCCNC(CS(C)(=O)=O)c1c(F)cc(F)cc1F. The molecule has 1 aromatic rings. The van der Waals surface area contributed by atoms with Gasteiger partial charge in [-0.1, -0.05) is 6.92 Å². The number of nitrogens with one attached hydrogen (secondary N) is 1. The summed E-state index contributed by atoms with van der Waals surface area (Å²) >= 11 is 0. The van der Waals surface area contributed by atoms with Crippen molar-refractivity contribution in [1.29, 1.82) is 0 Å². The minimum Gasteiger partial charge on any atom is -0.309 e. The molecule has 3 nitrogen and oxygen atoms in total. The van der Waals surface area contributed by atoms with Crippen LogP contribution in [0.3, 0.4) is 0 Å². The first-order valence-corrected chi connectivity index (χ1v) is 7.86. The molecule has 0 aliphatic heterocycles. The van der Waals surface area contributed by atoms with Gasteiger partial charge in [0, 0.05) is 24.0 Å². The van der Waals surface area contributed by atoms with Gasteiger partial charge in [-0.25, -0.2) is 21.6 Å². The summed E-state index contributed by atoms with van der Waals surface area (Å²) in [4.78, 5) is 0. The molecule has 108 valence electrons. The number of sulfone groups is 1. The molecule has 0 spiro atoms. The zero-order valence-corrected chi connectivity index (χ0v) is 11.5. The molecule has 1 unspecified atom stereocenters. The van der Waals surface area contributed by atoms with Crippen molar-refractivity contribution in [2.45, 2.75) is 19.4 Å². The maximum atomic E-state index is 13.6. The summed E-state index contributed by atoms with van der Waals surface area (Å²) in [6.45, 7) is 2.23. The summed E-state index contributed by atoms with van der Waals surface area (Å²) in [5.74, 6) is -3.66. The van der Waals surface area contributed by atoms with Gasteiger partial charge in [0.05, 0.1) is 11.8 Å². The van der Waals surface area contributed by atoms with Crippen molar-refractivity contribution in [2.75, 3.05) is 18.6 Å². The molecule has 7 heteroatoms. The van der Waals surface area contributed by atoms with Crippen LogP contribution in [0.25, 0.3) is 0 Å². The molecule has 0 radical (unpaired) electrons. The lowest BCUT2D eigenvalue weighted by Gasteiger charge is -2.19. The van der Waals surface area contributed by atoms with E-state index in [-0.39, 0.29) is 0 Å². The van der Waals surface area contributed by atoms with Crippen LogP contribution in [0.15, 0.2) is 12.1 Å². The second-order valence-electron chi connectivity index (χ2n) is 4.38. The second-order valence-corrected chi connectivity index (χ2v) is 6.57. The van der Waals surface area contributed by atoms with E-state index in [0.717, 1.165) is 6.26 Å². The largest absolute Gasteiger partial charge is 0.309 e. The molecule has 0 fully saturated rings. The van der Waals surface area contributed by atoms with E-state index in [2.05, 4.69) is 5.32 Å². The van der Waals surface area contributed by atoms with E-state index in [1.807, 2.05) is 6.92 Å². The van der Waals surface area contributed by atoms with Crippen molar-refractivity contribution >= 4 is 9.84 Å². The Balaban J connectivity index is 3.17. The number of hydrogen-bond acceptors (Lipinski definition) is 3. The fraction of sp³-hybridized carbons (Fsp3) is 0.500. The van der Waals surface area contributed by atoms with Crippen LogP contribution in [-0.4, -0.2) is 27.0 Å². The van der Waals surface area contributed by atoms with E-state index >= 15 is 0 Å². The van der Waals surface area contributed by atoms with E-state index in [9.17, 15) is 21.6 Å². The molecule has 0 aliphatic carbocycles. The molecule has 0 saturated carbocycles. The van der Waals surface area contributed by atoms with Crippen molar-refractivity contribution in [2.24, 2.45) is 0 Å². The molecule has 1 aromatic carbocycles. The summed E-state index contributed by atoms with van der Waals surface area (Å²) in [6.07, 6.45) is 1.65. The van der Waals surface area contributed by atoms with Gasteiger partial charge < -0.3 is 5.32 Å². The van der Waals surface area contributed by atoms with Gasteiger partial charge in [0.25, 0.3) is 0 Å². The lowest BCUT2D eigenvalue weighted by molar-refractivity contribution is 0.473. The fourth-order valence-electron chi connectivity index (χ4n) is 1.75. The standard InChI is InChI=1S/C12H16F3NO2S/c1-3-4-16-11(7-19(2,17)18)12-9(14)5-8(13)6-10(12)15/h5-6,11,16H,3-4,7H2,1-2H3. The van der Waals surface area contributed by atoms with Crippen LogP contribution in [0.5, 0.6) is 0 Å². The first-order valence-electron chi connectivity index (χ1n) is 5.80. The van der Waals surface area contributed by atoms with Crippen LogP contribution in [0.1, 0.15) is 24.9 Å². The van der Waals surface area contributed by atoms with Crippen molar-refractivity contribution < 1.29 is 21.6 Å². The summed E-state index contributed by atoms with van der Waals surface area (Å²) in [5.41, 5.74) is -0.444. The highest BCUT2D eigenvalue weighted by molar-refractivity contribution is 7.90. The van der Waals surface area contributed by atoms with E-state index in [1.165, 1.54) is 0 Å². The van der Waals surface area contributed by atoms with Crippen LogP contribution in [0.4, 0.5) is 13.2 Å². The van der Waals surface area contributed by atoms with Gasteiger partial charge in [0.2, 0.25) is 0 Å². The highest BCUT2D eigenvalue weighted by atomic mass is 32.2. The van der Waals surface area contributed by atoms with E-state index in [0.29, 0.717) is 25.1 Å². The molecule has 1 rings (SSSR count). The quantitative estimate of drug-likeness (QED) is 0.875. The van der Waals surface area contributed by atoms with Crippen LogP contribution in [0.2, 0.25) is 0 Å². The van der Waals surface area contributed by atoms with Gasteiger partial charge in [0.1, 0.15) is 27.3 Å². The summed E-state index contributed by atoms with van der Waals surface area (Å²) in [7, 11) is -3.44. The number of rotatable bonds is 6. The maximum Gasteiger partial charge on any atom is 0.149 e. The molecule has 0 saturated heterocycles. The fourth-order valence-corrected chi connectivity index (χ4v) is 2.64. The van der Waals surface area contributed by atoms with Gasteiger partial charge in [-0.05, 0) is 13.0 Å². The molecule has 0 heterocycles. The smallest absolute Gasteiger partial charge is 0.149 e. The predicted octanol–water partition coefficient (Wildman–Crippen LogP) is 2.19. The van der Waals surface area contributed by atoms with E-state index in [1.54, 1.807) is 0 Å². The van der Waals surface area contributed by atoms with Gasteiger partial charge >= 0.3 is 0 Å². The Morgan fingerprint density at radius 3 is 2.16 bits per heavy atom. The average Bonchev–Trinajstić information content (AvgIpc) is 2.22. The Hall–Kier alpha value is -1.08. The Labute approximate surface area is 110 Å². The Bertz CT molecular complexity index is 523. The normalized spacial score (nSPS) is 13.5. The first kappa shape index (κ1) is 16.0. The summed E-state index contributed by atoms with van der Waals surface area (Å²) in [5, 5.41) is 2.76. The molecular formula is C12H16F3NO2S. The molecule has 19 heavy (non-hydrogen) atoms. The van der Waals surface area contributed by atoms with Gasteiger partial charge in [-0.2, -0.15) is 0 Å². The van der Waals surface area contributed by atoms with Crippen LogP contribution >= 0.6 is 0 Å². The van der Waals surface area contributed by atoms with Crippen molar-refractivity contribution in [1.82, 2.24) is 5.32 Å². The third kappa shape index (κ3) is 4.83. The zero-order valence-electron chi connectivity index (χ0n) is 10.7. The van der Waals surface area contributed by atoms with Crippen molar-refractivity contribution in [3.05, 3.63) is 35.1 Å². The second kappa shape index (κ2) is 6.38. The van der Waals surface area contributed by atoms with E-state index < -0.39 is 44.6 Å². The molecule has 0 bridgehead atoms. The average molecular weight is 295 g/mol. The topological polar surface area (TPSA) is 46.2 Å². The number of halogens is 3. The molecule has 0 aromatic heterocycles. The molecule has 1 N–H and O–H groups in total. The lowest BCUT2D eigenvalue weighted by Crippen LogP contribution is -2.30. The van der Waals surface area contributed by atoms with Crippen LogP contribution in [-0.2, 0) is 9.84 Å². The summed E-state index contributed by atoms with van der Waals surface area (Å²) < 4.78 is 62.8. The van der Waals surface area contributed by atoms with Crippen molar-refractivity contribution in [3.8, 4) is 0 Å². The Kier molecular flexibility index (Phi) is 5.37. The number of hydrogen-bond donors (Lipinski definition) is 1. The molecule has 0 amide bonds. The monoisotopic (exact) mass is 295 g/mol.